The first kappa shape index (κ1) is 20.2. The lowest BCUT2D eigenvalue weighted by molar-refractivity contribution is -0.114. The summed E-state index contributed by atoms with van der Waals surface area (Å²) in [7, 11) is 0. The summed E-state index contributed by atoms with van der Waals surface area (Å²) >= 11 is 0. The molecule has 7 nitrogen and oxygen atoms in total. The number of carbonyl (C=O) groups is 2. The van der Waals surface area contributed by atoms with Crippen molar-refractivity contribution in [2.45, 2.75) is 32.0 Å². The number of benzene rings is 2. The van der Waals surface area contributed by atoms with Crippen molar-refractivity contribution in [1.29, 1.82) is 0 Å². The maximum absolute atomic E-state index is 12.2. The highest BCUT2D eigenvalue weighted by Crippen LogP contribution is 2.24. The second-order valence-corrected chi connectivity index (χ2v) is 7.78. The maximum atomic E-state index is 12.2. The molecule has 0 aliphatic carbocycles. The van der Waals surface area contributed by atoms with Crippen molar-refractivity contribution in [1.82, 2.24) is 4.90 Å². The third-order valence-corrected chi connectivity index (χ3v) is 5.42. The zero-order valence-corrected chi connectivity index (χ0v) is 17.1. The molecule has 2 saturated heterocycles. The van der Waals surface area contributed by atoms with Crippen LogP contribution < -0.4 is 15.0 Å². The molecule has 1 N–H and O–H groups in total. The number of nitrogens with zero attached hydrogens (tertiary/aromatic N) is 2. The van der Waals surface area contributed by atoms with E-state index in [0.717, 1.165) is 49.6 Å². The first-order valence-corrected chi connectivity index (χ1v) is 10.4. The van der Waals surface area contributed by atoms with Crippen molar-refractivity contribution in [3.05, 3.63) is 54.6 Å². The Morgan fingerprint density at radius 3 is 2.47 bits per heavy atom. The van der Waals surface area contributed by atoms with Crippen molar-refractivity contribution in [2.24, 2.45) is 0 Å². The lowest BCUT2D eigenvalue weighted by Crippen LogP contribution is -2.42. The van der Waals surface area contributed by atoms with Gasteiger partial charge >= 0.3 is 6.09 Å². The molecule has 0 bridgehead atoms. The van der Waals surface area contributed by atoms with Crippen molar-refractivity contribution < 1.29 is 19.1 Å². The summed E-state index contributed by atoms with van der Waals surface area (Å²) < 4.78 is 11.7. The van der Waals surface area contributed by atoms with Gasteiger partial charge in [-0.2, -0.15) is 0 Å². The molecule has 0 aromatic heterocycles. The predicted octanol–water partition coefficient (Wildman–Crippen LogP) is 3.51. The molecule has 2 fully saturated rings. The summed E-state index contributed by atoms with van der Waals surface area (Å²) in [5.74, 6) is 0.724. The molecule has 0 radical (unpaired) electrons. The predicted molar refractivity (Wildman–Crippen MR) is 115 cm³/mol. The molecule has 1 unspecified atom stereocenters. The van der Waals surface area contributed by atoms with Gasteiger partial charge in [-0.25, -0.2) is 4.79 Å². The zero-order valence-electron chi connectivity index (χ0n) is 17.1. The van der Waals surface area contributed by atoms with Crippen molar-refractivity contribution >= 4 is 23.4 Å². The molecule has 1 atom stereocenters. The topological polar surface area (TPSA) is 71.1 Å². The van der Waals surface area contributed by atoms with Gasteiger partial charge in [0.2, 0.25) is 5.91 Å². The molecule has 2 heterocycles. The van der Waals surface area contributed by atoms with Crippen LogP contribution in [0, 0.1) is 0 Å². The Bertz CT molecular complexity index is 864. The first-order chi connectivity index (χ1) is 14.6. The van der Waals surface area contributed by atoms with Crippen molar-refractivity contribution in [3.8, 4) is 5.75 Å². The minimum atomic E-state index is -0.271. The van der Waals surface area contributed by atoms with Gasteiger partial charge < -0.3 is 14.8 Å². The second kappa shape index (κ2) is 9.17. The average molecular weight is 409 g/mol. The van der Waals surface area contributed by atoms with Gasteiger partial charge in [-0.1, -0.05) is 18.2 Å². The molecule has 2 aromatic carbocycles. The SMILES string of the molecule is CC(=O)Nc1ccc(OC2CCN(CC3CN(c4ccccc4)C(=O)O3)CC2)cc1. The molecular weight excluding hydrogens is 382 g/mol. The molecular formula is C23H27N3O4. The molecule has 0 spiro atoms. The highest BCUT2D eigenvalue weighted by molar-refractivity contribution is 5.89. The van der Waals surface area contributed by atoms with Crippen LogP contribution in [-0.2, 0) is 9.53 Å². The lowest BCUT2D eigenvalue weighted by atomic mass is 10.1. The minimum absolute atomic E-state index is 0.0872. The molecule has 2 aliphatic rings. The van der Waals surface area contributed by atoms with Crippen LogP contribution >= 0.6 is 0 Å². The number of hydrogen-bond donors (Lipinski definition) is 1. The fourth-order valence-electron chi connectivity index (χ4n) is 3.95. The molecule has 2 amide bonds. The van der Waals surface area contributed by atoms with Crippen LogP contribution in [0.1, 0.15) is 19.8 Å². The summed E-state index contributed by atoms with van der Waals surface area (Å²) in [6, 6.07) is 17.1. The van der Waals surface area contributed by atoms with Gasteiger partial charge in [-0.05, 0) is 49.2 Å². The monoisotopic (exact) mass is 409 g/mol. The summed E-state index contributed by atoms with van der Waals surface area (Å²) in [5, 5.41) is 2.75. The third-order valence-electron chi connectivity index (χ3n) is 5.42. The van der Waals surface area contributed by atoms with Crippen LogP contribution in [0.5, 0.6) is 5.75 Å². The summed E-state index contributed by atoms with van der Waals surface area (Å²) in [4.78, 5) is 27.3. The van der Waals surface area contributed by atoms with Gasteiger partial charge in [0.05, 0.1) is 6.54 Å². The Morgan fingerprint density at radius 1 is 1.10 bits per heavy atom. The van der Waals surface area contributed by atoms with E-state index in [1.54, 1.807) is 4.90 Å². The number of anilines is 2. The molecule has 2 aromatic rings. The summed E-state index contributed by atoms with van der Waals surface area (Å²) in [5.41, 5.74) is 1.64. The van der Waals surface area contributed by atoms with Crippen LogP contribution in [0.25, 0.3) is 0 Å². The first-order valence-electron chi connectivity index (χ1n) is 10.4. The molecule has 4 rings (SSSR count). The minimum Gasteiger partial charge on any atom is -0.490 e. The Kier molecular flexibility index (Phi) is 6.18. The number of likely N-dealkylation sites (tertiary alicyclic amines) is 1. The molecule has 2 aliphatic heterocycles. The zero-order chi connectivity index (χ0) is 20.9. The second-order valence-electron chi connectivity index (χ2n) is 7.78. The number of piperidine rings is 1. The standard InChI is InChI=1S/C23H27N3O4/c1-17(27)24-18-7-9-20(10-8-18)29-21-11-13-25(14-12-21)15-22-16-26(23(28)30-22)19-5-3-2-4-6-19/h2-10,21-22H,11-16H2,1H3,(H,24,27). The Labute approximate surface area is 176 Å². The number of hydrogen-bond acceptors (Lipinski definition) is 5. The molecule has 30 heavy (non-hydrogen) atoms. The van der Waals surface area contributed by atoms with Crippen LogP contribution in [-0.4, -0.2) is 55.3 Å². The molecule has 0 saturated carbocycles. The van der Waals surface area contributed by atoms with Gasteiger partial charge in [0.15, 0.2) is 0 Å². The number of amides is 2. The van der Waals surface area contributed by atoms with Crippen molar-refractivity contribution in [2.75, 3.05) is 36.4 Å². The van der Waals surface area contributed by atoms with E-state index in [1.807, 2.05) is 54.6 Å². The number of cyclic esters (lactones) is 1. The van der Waals surface area contributed by atoms with Gasteiger partial charge in [-0.3, -0.25) is 14.6 Å². The fourth-order valence-corrected chi connectivity index (χ4v) is 3.95. The summed E-state index contributed by atoms with van der Waals surface area (Å²) in [6.07, 6.45) is 1.64. The normalized spacial score (nSPS) is 20.1. The number of nitrogens with one attached hydrogen (secondary N) is 1. The van der Waals surface area contributed by atoms with Gasteiger partial charge in [-0.15, -0.1) is 0 Å². The van der Waals surface area contributed by atoms with E-state index in [1.165, 1.54) is 6.92 Å². The quantitative estimate of drug-likeness (QED) is 0.791. The van der Waals surface area contributed by atoms with E-state index in [-0.39, 0.29) is 24.2 Å². The maximum Gasteiger partial charge on any atom is 0.414 e. The van der Waals surface area contributed by atoms with Crippen LogP contribution in [0.15, 0.2) is 54.6 Å². The molecule has 158 valence electrons. The van der Waals surface area contributed by atoms with Crippen LogP contribution in [0.2, 0.25) is 0 Å². The number of para-hydroxylation sites is 1. The van der Waals surface area contributed by atoms with E-state index < -0.39 is 0 Å². The smallest absolute Gasteiger partial charge is 0.414 e. The lowest BCUT2D eigenvalue weighted by Gasteiger charge is -2.33. The van der Waals surface area contributed by atoms with E-state index in [2.05, 4.69) is 10.2 Å². The number of ether oxygens (including phenoxy) is 2. The summed E-state index contributed by atoms with van der Waals surface area (Å²) in [6.45, 7) is 4.64. The van der Waals surface area contributed by atoms with E-state index in [4.69, 9.17) is 9.47 Å². The third kappa shape index (κ3) is 5.10. The van der Waals surface area contributed by atoms with E-state index in [0.29, 0.717) is 6.54 Å². The number of carbonyl (C=O) groups excluding carboxylic acids is 2. The van der Waals surface area contributed by atoms with Gasteiger partial charge in [0, 0.05) is 37.9 Å². The highest BCUT2D eigenvalue weighted by Gasteiger charge is 2.34. The number of rotatable bonds is 6. The Hall–Kier alpha value is -3.06. The van der Waals surface area contributed by atoms with Crippen molar-refractivity contribution in [3.63, 3.8) is 0 Å². The highest BCUT2D eigenvalue weighted by atomic mass is 16.6. The largest absolute Gasteiger partial charge is 0.490 e. The average Bonchev–Trinajstić information content (AvgIpc) is 3.11. The van der Waals surface area contributed by atoms with Crippen LogP contribution in [0.4, 0.5) is 16.2 Å². The molecule has 7 heteroatoms. The van der Waals surface area contributed by atoms with E-state index >= 15 is 0 Å². The van der Waals surface area contributed by atoms with Gasteiger partial charge in [0.1, 0.15) is 18.0 Å². The van der Waals surface area contributed by atoms with E-state index in [9.17, 15) is 9.59 Å². The van der Waals surface area contributed by atoms with Gasteiger partial charge in [0.25, 0.3) is 0 Å². The Balaban J connectivity index is 1.22. The van der Waals surface area contributed by atoms with Crippen LogP contribution in [0.3, 0.4) is 0 Å². The fraction of sp³-hybridized carbons (Fsp3) is 0.391. The Morgan fingerprint density at radius 2 is 1.80 bits per heavy atom.